The minimum atomic E-state index is -4.69. The number of benzene rings is 1. The molecule has 0 N–H and O–H groups in total. The number of rotatable bonds is 5. The summed E-state index contributed by atoms with van der Waals surface area (Å²) >= 11 is 0. The van der Waals surface area contributed by atoms with Crippen LogP contribution in [0.5, 0.6) is 0 Å². The Kier molecular flexibility index (Phi) is 8.45. The zero-order chi connectivity index (χ0) is 33.8. The maximum absolute atomic E-state index is 15.6. The first-order chi connectivity index (χ1) is 22.3. The maximum atomic E-state index is 15.6. The molecule has 5 heterocycles. The number of carbonyl (C=O) groups excluding carboxylic acids is 4. The highest BCUT2D eigenvalue weighted by atomic mass is 19.4. The molecule has 1 aromatic heterocycles. The van der Waals surface area contributed by atoms with E-state index in [0.29, 0.717) is 26.2 Å². The Hall–Kier alpha value is -4.53. The lowest BCUT2D eigenvalue weighted by atomic mass is 9.95. The highest BCUT2D eigenvalue weighted by Gasteiger charge is 2.50. The molecule has 6 rings (SSSR count). The van der Waals surface area contributed by atoms with Gasteiger partial charge in [-0.1, -0.05) is 12.6 Å². The second kappa shape index (κ2) is 12.2. The molecule has 4 aliphatic heterocycles. The fourth-order valence-electron chi connectivity index (χ4n) is 7.15. The number of pyridine rings is 1. The lowest BCUT2D eigenvalue weighted by molar-refractivity contribution is -0.147. The number of likely N-dealkylation sites (N-methyl/N-ethyl adjacent to an activating group) is 1. The summed E-state index contributed by atoms with van der Waals surface area (Å²) in [6, 6.07) is 4.21. The SMILES string of the molecule is C=CC(=O)N1CCN2CCN(CCN3C[C@H]4CC(=O)N(c5cc(C(F)(F)F)cc(C)n5)[C@@H]4C(=O)N(C)c4cccc(F)c43)C(=O)[C@@H]2C1. The summed E-state index contributed by atoms with van der Waals surface area (Å²) in [6.45, 7) is 7.63. The van der Waals surface area contributed by atoms with Crippen LogP contribution in [0.2, 0.25) is 0 Å². The monoisotopic (exact) mass is 657 g/mol. The Morgan fingerprint density at radius 1 is 1.02 bits per heavy atom. The van der Waals surface area contributed by atoms with Gasteiger partial charge in [-0.25, -0.2) is 9.37 Å². The number of halogens is 4. The lowest BCUT2D eigenvalue weighted by Crippen LogP contribution is -2.65. The molecule has 2 aromatic rings. The molecular weight excluding hydrogens is 622 g/mol. The molecule has 0 unspecified atom stereocenters. The van der Waals surface area contributed by atoms with E-state index in [2.05, 4.69) is 11.6 Å². The molecule has 3 atom stereocenters. The van der Waals surface area contributed by atoms with Crippen LogP contribution < -0.4 is 14.7 Å². The number of piperazine rings is 2. The number of amides is 4. The van der Waals surface area contributed by atoms with E-state index in [1.54, 1.807) is 20.8 Å². The summed E-state index contributed by atoms with van der Waals surface area (Å²) < 4.78 is 56.7. The fourth-order valence-corrected chi connectivity index (χ4v) is 7.15. The van der Waals surface area contributed by atoms with Crippen LogP contribution in [-0.4, -0.2) is 115 Å². The Morgan fingerprint density at radius 2 is 1.74 bits per heavy atom. The predicted molar refractivity (Wildman–Crippen MR) is 164 cm³/mol. The summed E-state index contributed by atoms with van der Waals surface area (Å²) in [5.41, 5.74) is -0.599. The third kappa shape index (κ3) is 5.92. The number of hydrogen-bond acceptors (Lipinski definition) is 7. The second-order valence-corrected chi connectivity index (χ2v) is 12.3. The first-order valence-electron chi connectivity index (χ1n) is 15.4. The normalized spacial score (nSPS) is 23.7. The number of alkyl halides is 3. The van der Waals surface area contributed by atoms with Crippen LogP contribution >= 0.6 is 0 Å². The van der Waals surface area contributed by atoms with Gasteiger partial charge in [-0.15, -0.1) is 0 Å². The smallest absolute Gasteiger partial charge is 0.365 e. The van der Waals surface area contributed by atoms with Crippen molar-refractivity contribution in [1.82, 2.24) is 19.7 Å². The second-order valence-electron chi connectivity index (χ2n) is 12.3. The lowest BCUT2D eigenvalue weighted by Gasteiger charge is -2.46. The van der Waals surface area contributed by atoms with Crippen molar-refractivity contribution in [2.45, 2.75) is 31.6 Å². The average molecular weight is 658 g/mol. The van der Waals surface area contributed by atoms with E-state index in [-0.39, 0.29) is 67.3 Å². The molecule has 47 heavy (non-hydrogen) atoms. The molecule has 0 spiro atoms. The molecule has 250 valence electrons. The Labute approximate surface area is 269 Å². The van der Waals surface area contributed by atoms with Crippen molar-refractivity contribution >= 4 is 40.8 Å². The van der Waals surface area contributed by atoms with E-state index in [4.69, 9.17) is 0 Å². The number of aryl methyl sites for hydroxylation is 1. The zero-order valence-corrected chi connectivity index (χ0v) is 26.0. The number of hydrogen-bond donors (Lipinski definition) is 0. The van der Waals surface area contributed by atoms with Gasteiger partial charge >= 0.3 is 6.18 Å². The summed E-state index contributed by atoms with van der Waals surface area (Å²) in [7, 11) is 1.44. The van der Waals surface area contributed by atoms with Crippen LogP contribution in [0.15, 0.2) is 43.0 Å². The van der Waals surface area contributed by atoms with Crippen molar-refractivity contribution in [3.05, 3.63) is 60.1 Å². The predicted octanol–water partition coefficient (Wildman–Crippen LogP) is 2.29. The van der Waals surface area contributed by atoms with Crippen LogP contribution in [0, 0.1) is 18.7 Å². The molecule has 0 bridgehead atoms. The van der Waals surface area contributed by atoms with Gasteiger partial charge in [-0.05, 0) is 37.3 Å². The molecule has 11 nitrogen and oxygen atoms in total. The Balaban J connectivity index is 1.30. The van der Waals surface area contributed by atoms with Gasteiger partial charge in [0, 0.05) is 77.4 Å². The summed E-state index contributed by atoms with van der Waals surface area (Å²) in [5, 5.41) is 0. The highest BCUT2D eigenvalue weighted by Crippen LogP contribution is 2.41. The molecule has 15 heteroatoms. The van der Waals surface area contributed by atoms with Crippen molar-refractivity contribution in [2.75, 3.05) is 74.1 Å². The molecule has 3 fully saturated rings. The van der Waals surface area contributed by atoms with Crippen LogP contribution in [0.25, 0.3) is 0 Å². The van der Waals surface area contributed by atoms with Crippen LogP contribution in [0.1, 0.15) is 17.7 Å². The van der Waals surface area contributed by atoms with Crippen molar-refractivity contribution in [2.24, 2.45) is 5.92 Å². The minimum absolute atomic E-state index is 0.0254. The third-order valence-corrected chi connectivity index (χ3v) is 9.50. The van der Waals surface area contributed by atoms with E-state index in [9.17, 15) is 32.3 Å². The van der Waals surface area contributed by atoms with Gasteiger partial charge in [0.15, 0.2) is 0 Å². The van der Waals surface area contributed by atoms with E-state index in [1.165, 1.54) is 37.1 Å². The summed E-state index contributed by atoms with van der Waals surface area (Å²) in [6.07, 6.45) is -3.64. The fraction of sp³-hybridized carbons (Fsp3) is 0.469. The molecule has 4 amide bonds. The Bertz CT molecular complexity index is 1630. The van der Waals surface area contributed by atoms with Crippen LogP contribution in [-0.2, 0) is 25.4 Å². The molecular formula is C32H35F4N7O4. The van der Waals surface area contributed by atoms with Crippen molar-refractivity contribution in [1.29, 1.82) is 0 Å². The van der Waals surface area contributed by atoms with Gasteiger partial charge in [0.25, 0.3) is 0 Å². The van der Waals surface area contributed by atoms with Crippen molar-refractivity contribution in [3.8, 4) is 0 Å². The van der Waals surface area contributed by atoms with E-state index >= 15 is 4.39 Å². The van der Waals surface area contributed by atoms with Gasteiger partial charge in [0.05, 0.1) is 16.9 Å². The van der Waals surface area contributed by atoms with Gasteiger partial charge in [-0.3, -0.25) is 29.0 Å². The summed E-state index contributed by atoms with van der Waals surface area (Å²) in [4.78, 5) is 66.8. The highest BCUT2D eigenvalue weighted by molar-refractivity contribution is 6.10. The Morgan fingerprint density at radius 3 is 2.47 bits per heavy atom. The van der Waals surface area contributed by atoms with Gasteiger partial charge in [-0.2, -0.15) is 13.2 Å². The van der Waals surface area contributed by atoms with Gasteiger partial charge in [0.2, 0.25) is 23.6 Å². The molecule has 1 aromatic carbocycles. The maximum Gasteiger partial charge on any atom is 0.416 e. The number of para-hydroxylation sites is 1. The van der Waals surface area contributed by atoms with E-state index in [1.807, 2.05) is 4.90 Å². The topological polar surface area (TPSA) is 101 Å². The van der Waals surface area contributed by atoms with Crippen LogP contribution in [0.4, 0.5) is 34.8 Å². The number of anilines is 3. The number of fused-ring (bicyclic) bond motifs is 3. The van der Waals surface area contributed by atoms with Gasteiger partial charge in [0.1, 0.15) is 23.7 Å². The molecule has 0 radical (unpaired) electrons. The molecule has 0 aliphatic carbocycles. The largest absolute Gasteiger partial charge is 0.416 e. The molecule has 4 aliphatic rings. The quantitative estimate of drug-likeness (QED) is 0.360. The van der Waals surface area contributed by atoms with E-state index < -0.39 is 47.4 Å². The standard InChI is InChI=1S/C32H35F4N7O4/c1-4-26(44)41-12-9-39-8-10-40(30(46)24(39)18-41)11-13-42-17-20-15-27(45)43(25-16-21(32(34,35)36)14-19(2)37-25)28(20)31(47)38(3)23-7-5-6-22(33)29(23)42/h4-7,14,16,20,24,28H,1,8-13,15,17-18H2,2-3H3/t20-,24+,28+/m1/s1. The first kappa shape index (κ1) is 32.4. The average Bonchev–Trinajstić information content (AvgIpc) is 3.36. The molecule has 3 saturated heterocycles. The third-order valence-electron chi connectivity index (χ3n) is 9.50. The van der Waals surface area contributed by atoms with E-state index in [0.717, 1.165) is 17.0 Å². The number of nitrogens with zero attached hydrogens (tertiary/aromatic N) is 7. The van der Waals surface area contributed by atoms with Crippen molar-refractivity contribution < 1.29 is 36.7 Å². The first-order valence-corrected chi connectivity index (χ1v) is 15.4. The number of aromatic nitrogens is 1. The zero-order valence-electron chi connectivity index (χ0n) is 26.0. The molecule has 0 saturated carbocycles. The minimum Gasteiger partial charge on any atom is -0.365 e. The van der Waals surface area contributed by atoms with Crippen LogP contribution in [0.3, 0.4) is 0 Å². The van der Waals surface area contributed by atoms with Crippen molar-refractivity contribution in [3.63, 3.8) is 0 Å². The van der Waals surface area contributed by atoms with Gasteiger partial charge < -0.3 is 19.6 Å². The summed E-state index contributed by atoms with van der Waals surface area (Å²) in [5.74, 6) is -3.13. The number of carbonyl (C=O) groups is 4.